The topological polar surface area (TPSA) is 212 Å². The first-order valence-corrected chi connectivity index (χ1v) is 0. The largest absolute Gasteiger partial charge is 2.00 e. The van der Waals surface area contributed by atoms with Gasteiger partial charge < -0.3 is 38.3 Å². The maximum atomic E-state index is 0. The standard InChI is InChI=1S/Na.4H2O.3O.V/h;4*1H2;;;;/q+1;;;;;3*-2;. The van der Waals surface area contributed by atoms with Crippen LogP contribution in [0, 0.1) is 0 Å². The van der Waals surface area contributed by atoms with Gasteiger partial charge in [-0.05, 0) is 0 Å². The first-order valence-electron chi connectivity index (χ1n) is 0. The quantitative estimate of drug-likeness (QED) is 0.328. The number of hydrogen-bond donors (Lipinski definition) is 0. The van der Waals surface area contributed by atoms with Crippen LogP contribution in [-0.4, -0.2) is 21.9 Å². The molecule has 0 heterocycles. The van der Waals surface area contributed by atoms with Crippen LogP contribution in [0.1, 0.15) is 0 Å². The molecule has 0 aromatic rings. The summed E-state index contributed by atoms with van der Waals surface area (Å²) in [6, 6.07) is 0. The molecule has 0 aliphatic rings. The third-order valence-electron chi connectivity index (χ3n) is 0. The Morgan fingerprint density at radius 1 is 0.444 bits per heavy atom. The SMILES string of the molecule is O.O.O.O.[Na+].[O-2].[O-2].[O-2].[V]. The van der Waals surface area contributed by atoms with Gasteiger partial charge in [-0.15, -0.1) is 0 Å². The summed E-state index contributed by atoms with van der Waals surface area (Å²) in [5.41, 5.74) is 0. The molecule has 0 atom stereocenters. The van der Waals surface area contributed by atoms with E-state index in [4.69, 9.17) is 0 Å². The van der Waals surface area contributed by atoms with Crippen molar-refractivity contribution in [1.29, 1.82) is 0 Å². The van der Waals surface area contributed by atoms with Crippen LogP contribution in [0.4, 0.5) is 0 Å². The average Bonchev–Trinajstić information content (AvgIpc) is 0. The zero-order chi connectivity index (χ0) is 0. The second kappa shape index (κ2) is 377. The molecule has 0 amide bonds. The zero-order valence-corrected chi connectivity index (χ0v) is 8.07. The van der Waals surface area contributed by atoms with Crippen molar-refractivity contribution >= 4 is 0 Å². The van der Waals surface area contributed by atoms with E-state index in [-0.39, 0.29) is 86.4 Å². The van der Waals surface area contributed by atoms with E-state index in [0.29, 0.717) is 0 Å². The van der Waals surface area contributed by atoms with Crippen LogP contribution in [0.2, 0.25) is 0 Å². The minimum Gasteiger partial charge on any atom is -2.00 e. The van der Waals surface area contributed by atoms with Crippen molar-refractivity contribution in [2.24, 2.45) is 0 Å². The van der Waals surface area contributed by atoms with Gasteiger partial charge >= 0.3 is 29.6 Å². The van der Waals surface area contributed by atoms with E-state index in [1.807, 2.05) is 0 Å². The fourth-order valence-corrected chi connectivity index (χ4v) is 0. The molecule has 0 rings (SSSR count). The molecule has 0 saturated heterocycles. The smallest absolute Gasteiger partial charge is 1.00 e. The summed E-state index contributed by atoms with van der Waals surface area (Å²) in [5, 5.41) is 0. The maximum absolute atomic E-state index is 0. The van der Waals surface area contributed by atoms with Crippen molar-refractivity contribution in [2.45, 2.75) is 0 Å². The van der Waals surface area contributed by atoms with E-state index in [0.717, 1.165) is 0 Å². The van der Waals surface area contributed by atoms with E-state index in [1.165, 1.54) is 0 Å². The summed E-state index contributed by atoms with van der Waals surface area (Å²) in [6.07, 6.45) is 0. The van der Waals surface area contributed by atoms with Crippen molar-refractivity contribution in [3.63, 3.8) is 0 Å². The Morgan fingerprint density at radius 3 is 0.444 bits per heavy atom. The Kier molecular flexibility index (Phi) is 22000. The number of hydrogen-bond acceptors (Lipinski definition) is 0. The summed E-state index contributed by atoms with van der Waals surface area (Å²) < 4.78 is 0. The summed E-state index contributed by atoms with van der Waals surface area (Å²) in [6.45, 7) is 0. The van der Waals surface area contributed by atoms with Gasteiger partial charge in [-0.3, -0.25) is 0 Å². The molecule has 0 spiro atoms. The Balaban J connectivity index is 0. The van der Waals surface area contributed by atoms with Crippen molar-refractivity contribution in [3.8, 4) is 0 Å². The predicted molar refractivity (Wildman–Crippen MR) is 16.5 cm³/mol. The summed E-state index contributed by atoms with van der Waals surface area (Å²) in [5.74, 6) is 0. The average molecular weight is 194 g/mol. The van der Waals surface area contributed by atoms with Gasteiger partial charge in [0.2, 0.25) is 0 Å². The van der Waals surface area contributed by atoms with Gasteiger partial charge in [0.05, 0.1) is 0 Å². The van der Waals surface area contributed by atoms with Crippen LogP contribution in [0.3, 0.4) is 0 Å². The van der Waals surface area contributed by atoms with Crippen molar-refractivity contribution in [3.05, 3.63) is 0 Å². The minimum atomic E-state index is 0. The summed E-state index contributed by atoms with van der Waals surface area (Å²) in [4.78, 5) is 0. The van der Waals surface area contributed by atoms with E-state index >= 15 is 0 Å². The summed E-state index contributed by atoms with van der Waals surface area (Å²) >= 11 is 0. The molecule has 61 valence electrons. The molecular formula is H8NaO7V-5. The third kappa shape index (κ3) is 292. The Bertz CT molecular complexity index is 8.88. The molecule has 0 saturated carbocycles. The van der Waals surface area contributed by atoms with Crippen molar-refractivity contribution in [2.75, 3.05) is 0 Å². The molecule has 0 bridgehead atoms. The Hall–Kier alpha value is 1.30. The van der Waals surface area contributed by atoms with Gasteiger partial charge in [-0.2, -0.15) is 0 Å². The van der Waals surface area contributed by atoms with Gasteiger partial charge in [-0.1, -0.05) is 0 Å². The molecule has 8 N–H and O–H groups in total. The Morgan fingerprint density at radius 2 is 0.444 bits per heavy atom. The molecular weight excluding hydrogens is 186 g/mol. The van der Waals surface area contributed by atoms with Gasteiger partial charge in [-0.25, -0.2) is 0 Å². The molecule has 0 fully saturated rings. The first kappa shape index (κ1) is 524. The van der Waals surface area contributed by atoms with Gasteiger partial charge in [0, 0.05) is 18.6 Å². The van der Waals surface area contributed by atoms with Crippen molar-refractivity contribution < 1.29 is 86.4 Å². The van der Waals surface area contributed by atoms with Crippen LogP contribution in [0.15, 0.2) is 0 Å². The molecule has 0 aliphatic heterocycles. The van der Waals surface area contributed by atoms with Crippen LogP contribution < -0.4 is 29.6 Å². The maximum Gasteiger partial charge on any atom is 1.00 e. The molecule has 0 aromatic carbocycles. The zero-order valence-electron chi connectivity index (χ0n) is 4.67. The molecule has 1 radical (unpaired) electrons. The van der Waals surface area contributed by atoms with Crippen molar-refractivity contribution in [1.82, 2.24) is 0 Å². The van der Waals surface area contributed by atoms with E-state index in [1.54, 1.807) is 0 Å². The first-order chi connectivity index (χ1) is 0. The van der Waals surface area contributed by atoms with Gasteiger partial charge in [0.1, 0.15) is 0 Å². The molecule has 7 nitrogen and oxygen atoms in total. The van der Waals surface area contributed by atoms with Crippen LogP contribution in [0.25, 0.3) is 0 Å². The molecule has 0 unspecified atom stereocenters. The van der Waals surface area contributed by atoms with E-state index < -0.39 is 0 Å². The van der Waals surface area contributed by atoms with E-state index in [2.05, 4.69) is 0 Å². The molecule has 0 aliphatic carbocycles. The second-order valence-corrected chi connectivity index (χ2v) is 0. The van der Waals surface area contributed by atoms with Crippen LogP contribution in [-0.2, 0) is 35.0 Å². The van der Waals surface area contributed by atoms with Crippen LogP contribution >= 0.6 is 0 Å². The predicted octanol–water partition coefficient (Wildman–Crippen LogP) is -6.65. The summed E-state index contributed by atoms with van der Waals surface area (Å²) in [7, 11) is 0. The fraction of sp³-hybridized carbons (Fsp3) is 0. The van der Waals surface area contributed by atoms with Gasteiger partial charge in [0.15, 0.2) is 0 Å². The molecule has 9 heteroatoms. The molecule has 0 aromatic heterocycles. The number of rotatable bonds is 0. The fourth-order valence-electron chi connectivity index (χ4n) is 0. The normalized spacial score (nSPS) is 0. The third-order valence-corrected chi connectivity index (χ3v) is 0. The van der Waals surface area contributed by atoms with E-state index in [9.17, 15) is 0 Å². The minimum absolute atomic E-state index is 0. The van der Waals surface area contributed by atoms with Crippen LogP contribution in [0.5, 0.6) is 0 Å². The monoisotopic (exact) mass is 194 g/mol. The molecule has 9 heavy (non-hydrogen) atoms. The Labute approximate surface area is 86.2 Å². The van der Waals surface area contributed by atoms with Gasteiger partial charge in [0.25, 0.3) is 0 Å². The second-order valence-electron chi connectivity index (χ2n) is 0.